The van der Waals surface area contributed by atoms with Crippen LogP contribution in [-0.2, 0) is 25.8 Å². The van der Waals surface area contributed by atoms with Gasteiger partial charge in [0.15, 0.2) is 5.50 Å². The molecule has 1 aliphatic carbocycles. The number of anilines is 1. The zero-order chi connectivity index (χ0) is 30.6. The molecule has 0 saturated heterocycles. The Morgan fingerprint density at radius 1 is 1.07 bits per heavy atom. The van der Waals surface area contributed by atoms with Gasteiger partial charge < -0.3 is 19.8 Å². The molecular weight excluding hydrogens is 585 g/mol. The highest BCUT2D eigenvalue weighted by molar-refractivity contribution is 8.00. The minimum absolute atomic E-state index is 0.0664. The molecule has 43 heavy (non-hydrogen) atoms. The van der Waals surface area contributed by atoms with Crippen molar-refractivity contribution in [3.05, 3.63) is 71.4 Å². The number of methoxy groups -OCH3 is 1. The third kappa shape index (κ3) is 6.93. The highest BCUT2D eigenvalue weighted by Crippen LogP contribution is 2.44. The van der Waals surface area contributed by atoms with Crippen LogP contribution in [0.2, 0.25) is 0 Å². The molecule has 2 amide bonds. The lowest BCUT2D eigenvalue weighted by Gasteiger charge is -2.48. The van der Waals surface area contributed by atoms with E-state index in [-0.39, 0.29) is 48.4 Å². The first-order valence-electron chi connectivity index (χ1n) is 14.1. The highest BCUT2D eigenvalue weighted by Gasteiger charge is 2.50. The predicted molar refractivity (Wildman–Crippen MR) is 154 cm³/mol. The number of hydroxylamine groups is 2. The number of ether oxygens (including phenoxy) is 1. The number of carbonyl (C=O) groups excluding carboxylic acids is 3. The summed E-state index contributed by atoms with van der Waals surface area (Å²) in [6.07, 6.45) is -2.33. The second kappa shape index (κ2) is 13.3. The van der Waals surface area contributed by atoms with Gasteiger partial charge in [0.05, 0.1) is 24.9 Å². The molecule has 5 rings (SSSR count). The normalized spacial score (nSPS) is 19.2. The maximum absolute atomic E-state index is 14.0. The Labute approximate surface area is 251 Å². The van der Waals surface area contributed by atoms with E-state index >= 15 is 0 Å². The van der Waals surface area contributed by atoms with Crippen molar-refractivity contribution in [2.24, 2.45) is 0 Å². The minimum atomic E-state index is -5.22. The summed E-state index contributed by atoms with van der Waals surface area (Å²) in [7, 11) is 1.59. The summed E-state index contributed by atoms with van der Waals surface area (Å²) in [5.41, 5.74) is 0.706. The van der Waals surface area contributed by atoms with E-state index < -0.39 is 23.6 Å². The van der Waals surface area contributed by atoms with Crippen LogP contribution in [0.4, 0.5) is 18.9 Å². The van der Waals surface area contributed by atoms with Crippen molar-refractivity contribution in [1.82, 2.24) is 15.3 Å². The van der Waals surface area contributed by atoms with E-state index in [1.54, 1.807) is 37.4 Å². The van der Waals surface area contributed by atoms with Crippen LogP contribution in [0, 0.1) is 0 Å². The lowest BCUT2D eigenvalue weighted by atomic mass is 10.00. The average molecular weight is 619 g/mol. The second-order valence-corrected chi connectivity index (χ2v) is 11.8. The van der Waals surface area contributed by atoms with Gasteiger partial charge in [0, 0.05) is 49.0 Å². The van der Waals surface area contributed by atoms with E-state index in [4.69, 9.17) is 9.57 Å². The summed E-state index contributed by atoms with van der Waals surface area (Å²) < 4.78 is 45.5. The van der Waals surface area contributed by atoms with Crippen LogP contribution in [-0.4, -0.2) is 71.4 Å². The van der Waals surface area contributed by atoms with Gasteiger partial charge in [0.25, 0.3) is 5.91 Å². The van der Waals surface area contributed by atoms with Gasteiger partial charge in [-0.05, 0) is 31.0 Å². The molecule has 0 bridgehead atoms. The lowest BCUT2D eigenvalue weighted by Crippen LogP contribution is -2.59. The van der Waals surface area contributed by atoms with E-state index in [9.17, 15) is 27.6 Å². The average Bonchev–Trinajstić information content (AvgIpc) is 2.98. The summed E-state index contributed by atoms with van der Waals surface area (Å²) in [5.74, 6) is -2.26. The molecule has 230 valence electrons. The Kier molecular flexibility index (Phi) is 9.50. The third-order valence-electron chi connectivity index (χ3n) is 7.67. The molecule has 1 unspecified atom stereocenters. The monoisotopic (exact) mass is 618 g/mol. The molecule has 2 aromatic carbocycles. The van der Waals surface area contributed by atoms with Gasteiger partial charge in [-0.2, -0.15) is 18.2 Å². The van der Waals surface area contributed by atoms with Crippen LogP contribution < -0.4 is 15.0 Å². The molecule has 0 aromatic heterocycles. The number of hydrogen-bond donors (Lipinski definition) is 1. The standard InChI is InChI=1S/C30H33F3N4O5S/c1-41-25-13-6-5-8-20(25)18-34-16-14-26(38)35-17-15-24-23(19-35)27(39)36(21-9-3-2-4-10-21)29(43-22-11-7-12-22)37(24)42-28(40)30(31,32)33/h2-6,8-10,13,22,29,34H,7,11-12,14-19H2,1H3. The molecule has 1 N–H and O–H groups in total. The Balaban J connectivity index is 1.35. The second-order valence-electron chi connectivity index (χ2n) is 10.5. The summed E-state index contributed by atoms with van der Waals surface area (Å²) in [6, 6.07) is 16.1. The fourth-order valence-corrected chi connectivity index (χ4v) is 6.75. The van der Waals surface area contributed by atoms with Crippen LogP contribution in [0.5, 0.6) is 5.75 Å². The molecule has 1 atom stereocenters. The number of thioether (sulfide) groups is 1. The van der Waals surface area contributed by atoms with Crippen molar-refractivity contribution < 1.29 is 37.1 Å². The van der Waals surface area contributed by atoms with E-state index in [1.165, 1.54) is 21.6 Å². The van der Waals surface area contributed by atoms with Gasteiger partial charge >= 0.3 is 12.1 Å². The number of amides is 2. The Morgan fingerprint density at radius 2 is 1.79 bits per heavy atom. The fraction of sp³-hybridized carbons (Fsp3) is 0.433. The van der Waals surface area contributed by atoms with Crippen molar-refractivity contribution in [3.63, 3.8) is 0 Å². The molecule has 2 aliphatic heterocycles. The molecule has 0 radical (unpaired) electrons. The highest BCUT2D eigenvalue weighted by atomic mass is 32.2. The van der Waals surface area contributed by atoms with Gasteiger partial charge in [0.2, 0.25) is 5.91 Å². The van der Waals surface area contributed by atoms with Crippen molar-refractivity contribution >= 4 is 35.2 Å². The van der Waals surface area contributed by atoms with Gasteiger partial charge in [-0.15, -0.1) is 11.8 Å². The van der Waals surface area contributed by atoms with Crippen LogP contribution in [0.3, 0.4) is 0 Å². The molecule has 2 heterocycles. The topological polar surface area (TPSA) is 91.4 Å². The Hall–Kier alpha value is -3.71. The van der Waals surface area contributed by atoms with E-state index in [1.807, 2.05) is 24.3 Å². The summed E-state index contributed by atoms with van der Waals surface area (Å²) in [5, 5.41) is 4.29. The Morgan fingerprint density at radius 3 is 2.47 bits per heavy atom. The quantitative estimate of drug-likeness (QED) is 0.387. The van der Waals surface area contributed by atoms with E-state index in [0.717, 1.165) is 35.6 Å². The summed E-state index contributed by atoms with van der Waals surface area (Å²) >= 11 is 1.31. The van der Waals surface area contributed by atoms with Crippen LogP contribution in [0.15, 0.2) is 65.9 Å². The fourth-order valence-electron chi connectivity index (χ4n) is 5.18. The van der Waals surface area contributed by atoms with Crippen LogP contribution in [0.25, 0.3) is 0 Å². The van der Waals surface area contributed by atoms with Crippen molar-refractivity contribution in [1.29, 1.82) is 0 Å². The third-order valence-corrected chi connectivity index (χ3v) is 9.17. The number of benzene rings is 2. The number of halogens is 3. The SMILES string of the molecule is COc1ccccc1CNCCC(=O)N1CCC2=C(C1)C(=O)N(c1ccccc1)C(SC1CCC1)N2OC(=O)C(F)(F)F. The largest absolute Gasteiger partial charge is 0.496 e. The molecule has 13 heteroatoms. The first-order valence-corrected chi connectivity index (χ1v) is 15.1. The number of nitrogens with one attached hydrogen (secondary N) is 1. The van der Waals surface area contributed by atoms with Crippen molar-refractivity contribution in [2.45, 2.75) is 55.6 Å². The molecule has 1 fully saturated rings. The zero-order valence-corrected chi connectivity index (χ0v) is 24.5. The van der Waals surface area contributed by atoms with E-state index in [2.05, 4.69) is 5.32 Å². The molecule has 1 saturated carbocycles. The first kappa shape index (κ1) is 30.7. The maximum atomic E-state index is 14.0. The molecule has 3 aliphatic rings. The van der Waals surface area contributed by atoms with Gasteiger partial charge in [-0.3, -0.25) is 14.5 Å². The van der Waals surface area contributed by atoms with E-state index in [0.29, 0.717) is 18.8 Å². The predicted octanol–water partition coefficient (Wildman–Crippen LogP) is 4.60. The number of carbonyl (C=O) groups is 3. The Bertz CT molecular complexity index is 1370. The van der Waals surface area contributed by atoms with Gasteiger partial charge in [-0.25, -0.2) is 4.79 Å². The summed E-state index contributed by atoms with van der Waals surface area (Å²) in [4.78, 5) is 47.2. The lowest BCUT2D eigenvalue weighted by molar-refractivity contribution is -0.235. The molecule has 0 spiro atoms. The number of hydrogen-bond acceptors (Lipinski definition) is 8. The van der Waals surface area contributed by atoms with Crippen LogP contribution in [0.1, 0.15) is 37.7 Å². The summed E-state index contributed by atoms with van der Waals surface area (Å²) in [6.45, 7) is 0.933. The van der Waals surface area contributed by atoms with Crippen LogP contribution >= 0.6 is 11.8 Å². The number of nitrogens with zero attached hydrogens (tertiary/aromatic N) is 3. The molecule has 2 aromatic rings. The van der Waals surface area contributed by atoms with Gasteiger partial charge in [0.1, 0.15) is 5.75 Å². The number of alkyl halides is 3. The smallest absolute Gasteiger partial charge is 0.493 e. The van der Waals surface area contributed by atoms with Crippen molar-refractivity contribution in [3.8, 4) is 5.75 Å². The maximum Gasteiger partial charge on any atom is 0.493 e. The number of rotatable bonds is 10. The molecular formula is C30H33F3N4O5S. The van der Waals surface area contributed by atoms with Gasteiger partial charge in [-0.1, -0.05) is 42.8 Å². The number of para-hydroxylation sites is 2. The van der Waals surface area contributed by atoms with Crippen molar-refractivity contribution in [2.75, 3.05) is 31.6 Å². The first-order chi connectivity index (χ1) is 20.7. The molecule has 9 nitrogen and oxygen atoms in total. The zero-order valence-electron chi connectivity index (χ0n) is 23.6. The minimum Gasteiger partial charge on any atom is -0.496 e.